The molecule has 0 unspecified atom stereocenters. The van der Waals surface area contributed by atoms with Crippen molar-refractivity contribution in [3.05, 3.63) is 11.6 Å². The molecule has 15 heavy (non-hydrogen) atoms. The van der Waals surface area contributed by atoms with Gasteiger partial charge in [-0.3, -0.25) is 4.79 Å². The summed E-state index contributed by atoms with van der Waals surface area (Å²) in [5.41, 5.74) is 1.13. The standard InChI is InChI=1S/C13H21NO/c15-13(8-11-9-14-10-11)12-6-4-2-1-3-5-7-12/h6,11,14H,1-5,7-10H2/b12-6+. The quantitative estimate of drug-likeness (QED) is 0.770. The molecular weight excluding hydrogens is 186 g/mol. The highest BCUT2D eigenvalue weighted by atomic mass is 16.1. The molecule has 0 amide bonds. The van der Waals surface area contributed by atoms with Crippen LogP contribution < -0.4 is 5.32 Å². The summed E-state index contributed by atoms with van der Waals surface area (Å²) in [6.07, 6.45) is 10.2. The van der Waals surface area contributed by atoms with Crippen LogP contribution in [0.2, 0.25) is 0 Å². The van der Waals surface area contributed by atoms with Gasteiger partial charge in [-0.1, -0.05) is 18.9 Å². The highest BCUT2D eigenvalue weighted by molar-refractivity contribution is 5.95. The van der Waals surface area contributed by atoms with Crippen LogP contribution in [-0.2, 0) is 4.79 Å². The summed E-state index contributed by atoms with van der Waals surface area (Å²) < 4.78 is 0. The third-order valence-corrected chi connectivity index (χ3v) is 3.49. The van der Waals surface area contributed by atoms with E-state index in [1.54, 1.807) is 0 Å². The van der Waals surface area contributed by atoms with Crippen molar-refractivity contribution in [2.45, 2.75) is 44.9 Å². The first-order valence-corrected chi connectivity index (χ1v) is 6.29. The smallest absolute Gasteiger partial charge is 0.158 e. The zero-order valence-electron chi connectivity index (χ0n) is 9.43. The molecule has 0 atom stereocenters. The average molecular weight is 207 g/mol. The Hall–Kier alpha value is -0.630. The summed E-state index contributed by atoms with van der Waals surface area (Å²) in [5, 5.41) is 3.22. The highest BCUT2D eigenvalue weighted by Crippen LogP contribution is 2.21. The summed E-state index contributed by atoms with van der Waals surface area (Å²) in [7, 11) is 0. The van der Waals surface area contributed by atoms with Crippen LogP contribution in [0.1, 0.15) is 44.9 Å². The minimum absolute atomic E-state index is 0.420. The molecule has 0 aromatic heterocycles. The molecule has 2 nitrogen and oxygen atoms in total. The van der Waals surface area contributed by atoms with Crippen molar-refractivity contribution >= 4 is 5.78 Å². The minimum atomic E-state index is 0.420. The lowest BCUT2D eigenvalue weighted by atomic mass is 9.90. The molecule has 2 heteroatoms. The van der Waals surface area contributed by atoms with E-state index < -0.39 is 0 Å². The van der Waals surface area contributed by atoms with E-state index >= 15 is 0 Å². The van der Waals surface area contributed by atoms with Gasteiger partial charge in [0.05, 0.1) is 0 Å². The third kappa shape index (κ3) is 3.16. The van der Waals surface area contributed by atoms with E-state index in [9.17, 15) is 4.79 Å². The number of ketones is 1. The van der Waals surface area contributed by atoms with Gasteiger partial charge in [0.1, 0.15) is 0 Å². The first-order valence-electron chi connectivity index (χ1n) is 6.29. The molecular formula is C13H21NO. The summed E-state index contributed by atoms with van der Waals surface area (Å²) in [6.45, 7) is 2.08. The Kier molecular flexibility index (Phi) is 3.95. The number of allylic oxidation sites excluding steroid dienone is 2. The molecule has 0 spiro atoms. The summed E-state index contributed by atoms with van der Waals surface area (Å²) in [4.78, 5) is 12.0. The predicted molar refractivity (Wildman–Crippen MR) is 61.8 cm³/mol. The average Bonchev–Trinajstić information content (AvgIpc) is 2.10. The van der Waals surface area contributed by atoms with E-state index in [4.69, 9.17) is 0 Å². The second-order valence-electron chi connectivity index (χ2n) is 4.83. The lowest BCUT2D eigenvalue weighted by Gasteiger charge is -2.26. The van der Waals surface area contributed by atoms with Crippen LogP contribution in [0.15, 0.2) is 11.6 Å². The van der Waals surface area contributed by atoms with Crippen molar-refractivity contribution in [2.75, 3.05) is 13.1 Å². The van der Waals surface area contributed by atoms with Gasteiger partial charge >= 0.3 is 0 Å². The number of carbonyl (C=O) groups is 1. The maximum Gasteiger partial charge on any atom is 0.158 e. The normalized spacial score (nSPS) is 27.1. The van der Waals surface area contributed by atoms with Gasteiger partial charge in [-0.2, -0.15) is 0 Å². The molecule has 1 heterocycles. The van der Waals surface area contributed by atoms with Gasteiger partial charge in [0.25, 0.3) is 0 Å². The summed E-state index contributed by atoms with van der Waals surface area (Å²) >= 11 is 0. The van der Waals surface area contributed by atoms with Crippen LogP contribution in [0.25, 0.3) is 0 Å². The van der Waals surface area contributed by atoms with Crippen LogP contribution in [0, 0.1) is 5.92 Å². The van der Waals surface area contributed by atoms with Crippen molar-refractivity contribution in [3.63, 3.8) is 0 Å². The van der Waals surface area contributed by atoms with Crippen molar-refractivity contribution in [1.29, 1.82) is 0 Å². The number of hydrogen-bond acceptors (Lipinski definition) is 2. The van der Waals surface area contributed by atoms with Crippen molar-refractivity contribution < 1.29 is 4.79 Å². The van der Waals surface area contributed by atoms with Crippen molar-refractivity contribution in [1.82, 2.24) is 5.32 Å². The Morgan fingerprint density at radius 2 is 2.07 bits per heavy atom. The molecule has 0 saturated carbocycles. The molecule has 2 aliphatic rings. The second-order valence-corrected chi connectivity index (χ2v) is 4.83. The Bertz CT molecular complexity index is 253. The molecule has 0 aromatic rings. The molecule has 0 bridgehead atoms. The highest BCUT2D eigenvalue weighted by Gasteiger charge is 2.21. The number of Topliss-reactive ketones (excluding diaryl/α,β-unsaturated/α-hetero) is 1. The fourth-order valence-corrected chi connectivity index (χ4v) is 2.33. The maximum absolute atomic E-state index is 12.0. The zero-order chi connectivity index (χ0) is 10.5. The fourth-order valence-electron chi connectivity index (χ4n) is 2.33. The van der Waals surface area contributed by atoms with Crippen LogP contribution in [0.5, 0.6) is 0 Å². The molecule has 1 N–H and O–H groups in total. The lowest BCUT2D eigenvalue weighted by Crippen LogP contribution is -2.43. The first-order chi connectivity index (χ1) is 7.36. The second kappa shape index (κ2) is 5.45. The van der Waals surface area contributed by atoms with E-state index in [0.29, 0.717) is 11.7 Å². The Morgan fingerprint density at radius 3 is 2.80 bits per heavy atom. The molecule has 1 aliphatic heterocycles. The van der Waals surface area contributed by atoms with Gasteiger partial charge in [0, 0.05) is 6.42 Å². The molecule has 1 fully saturated rings. The van der Waals surface area contributed by atoms with E-state index in [-0.39, 0.29) is 0 Å². The molecule has 0 radical (unpaired) electrons. The fraction of sp³-hybridized carbons (Fsp3) is 0.769. The van der Waals surface area contributed by atoms with Crippen molar-refractivity contribution in [2.24, 2.45) is 5.92 Å². The molecule has 2 rings (SSSR count). The van der Waals surface area contributed by atoms with Gasteiger partial charge in [-0.15, -0.1) is 0 Å². The zero-order valence-corrected chi connectivity index (χ0v) is 9.43. The van der Waals surface area contributed by atoms with E-state index in [1.165, 1.54) is 25.7 Å². The number of nitrogens with one attached hydrogen (secondary N) is 1. The Morgan fingerprint density at radius 1 is 1.27 bits per heavy atom. The van der Waals surface area contributed by atoms with E-state index in [1.807, 2.05) is 0 Å². The number of carbonyl (C=O) groups excluding carboxylic acids is 1. The summed E-state index contributed by atoms with van der Waals surface area (Å²) in [5.74, 6) is 1.03. The van der Waals surface area contributed by atoms with Gasteiger partial charge in [0.15, 0.2) is 5.78 Å². The minimum Gasteiger partial charge on any atom is -0.316 e. The topological polar surface area (TPSA) is 29.1 Å². The SMILES string of the molecule is O=C(CC1CNC1)/C1=C/CCCCCC1. The molecule has 0 aromatic carbocycles. The Labute approximate surface area is 92.1 Å². The molecule has 1 saturated heterocycles. The van der Waals surface area contributed by atoms with E-state index in [0.717, 1.165) is 37.9 Å². The summed E-state index contributed by atoms with van der Waals surface area (Å²) in [6, 6.07) is 0. The number of hydrogen-bond donors (Lipinski definition) is 1. The van der Waals surface area contributed by atoms with Crippen LogP contribution >= 0.6 is 0 Å². The molecule has 1 aliphatic carbocycles. The van der Waals surface area contributed by atoms with Gasteiger partial charge < -0.3 is 5.32 Å². The van der Waals surface area contributed by atoms with Crippen LogP contribution in [0.4, 0.5) is 0 Å². The molecule has 84 valence electrons. The third-order valence-electron chi connectivity index (χ3n) is 3.49. The van der Waals surface area contributed by atoms with Gasteiger partial charge in [-0.25, -0.2) is 0 Å². The largest absolute Gasteiger partial charge is 0.316 e. The van der Waals surface area contributed by atoms with Crippen molar-refractivity contribution in [3.8, 4) is 0 Å². The first kappa shape index (κ1) is 10.9. The maximum atomic E-state index is 12.0. The number of rotatable bonds is 3. The monoisotopic (exact) mass is 207 g/mol. The van der Waals surface area contributed by atoms with Crippen LogP contribution in [0.3, 0.4) is 0 Å². The predicted octanol–water partition coefficient (Wildman–Crippen LogP) is 2.45. The van der Waals surface area contributed by atoms with Crippen LogP contribution in [-0.4, -0.2) is 18.9 Å². The Balaban J connectivity index is 1.85. The van der Waals surface area contributed by atoms with Gasteiger partial charge in [0.2, 0.25) is 0 Å². The van der Waals surface area contributed by atoms with Gasteiger partial charge in [-0.05, 0) is 50.3 Å². The van der Waals surface area contributed by atoms with E-state index in [2.05, 4.69) is 11.4 Å². The lowest BCUT2D eigenvalue weighted by molar-refractivity contribution is -0.117.